The van der Waals surface area contributed by atoms with Crippen LogP contribution in [0.5, 0.6) is 0 Å². The van der Waals surface area contributed by atoms with E-state index in [2.05, 4.69) is 50.2 Å². The molecule has 0 amide bonds. The van der Waals surface area contributed by atoms with E-state index < -0.39 is 0 Å². The minimum absolute atomic E-state index is 0.215. The summed E-state index contributed by atoms with van der Waals surface area (Å²) in [4.78, 5) is 5.16. The minimum atomic E-state index is 0.215. The Morgan fingerprint density at radius 2 is 1.80 bits per heavy atom. The molecular formula is C18H26NO. The van der Waals surface area contributed by atoms with E-state index in [-0.39, 0.29) is 5.41 Å². The summed E-state index contributed by atoms with van der Waals surface area (Å²) < 4.78 is 0. The average Bonchev–Trinajstić information content (AvgIpc) is 2.45. The second kappa shape index (κ2) is 6.43. The van der Waals surface area contributed by atoms with Gasteiger partial charge in [0.25, 0.3) is 0 Å². The zero-order valence-corrected chi connectivity index (χ0v) is 13.2. The molecule has 0 saturated heterocycles. The van der Waals surface area contributed by atoms with E-state index in [1.807, 2.05) is 6.92 Å². The predicted octanol–water partition coefficient (Wildman–Crippen LogP) is 4.87. The summed E-state index contributed by atoms with van der Waals surface area (Å²) in [7, 11) is 0. The van der Waals surface area contributed by atoms with Crippen molar-refractivity contribution in [2.45, 2.75) is 58.8 Å². The molecule has 0 N–H and O–H groups in total. The first-order valence-electron chi connectivity index (χ1n) is 7.64. The highest BCUT2D eigenvalue weighted by Gasteiger charge is 2.22. The molecule has 2 heteroatoms. The minimum Gasteiger partial charge on any atom is -0.396 e. The monoisotopic (exact) mass is 272 g/mol. The van der Waals surface area contributed by atoms with Gasteiger partial charge in [0.2, 0.25) is 0 Å². The quantitative estimate of drug-likeness (QED) is 0.719. The molecule has 0 unspecified atom stereocenters. The molecule has 2 nitrogen and oxygen atoms in total. The molecule has 0 aromatic heterocycles. The maximum absolute atomic E-state index is 5.16. The third-order valence-electron chi connectivity index (χ3n) is 3.89. The maximum atomic E-state index is 5.16. The zero-order chi connectivity index (χ0) is 14.6. The van der Waals surface area contributed by atoms with Crippen LogP contribution < -0.4 is 0 Å². The molecule has 109 valence electrons. The number of hydrogen-bond acceptors (Lipinski definition) is 2. The van der Waals surface area contributed by atoms with Crippen LogP contribution in [0.25, 0.3) is 0 Å². The largest absolute Gasteiger partial charge is 0.396 e. The second-order valence-corrected chi connectivity index (χ2v) is 6.51. The maximum Gasteiger partial charge on any atom is 0.114 e. The lowest BCUT2D eigenvalue weighted by Gasteiger charge is -2.25. The van der Waals surface area contributed by atoms with Crippen LogP contribution in [0.15, 0.2) is 29.4 Å². The Balaban J connectivity index is 2.04. The molecule has 2 rings (SSSR count). The summed E-state index contributed by atoms with van der Waals surface area (Å²) in [6, 6.07) is 9.02. The van der Waals surface area contributed by atoms with Gasteiger partial charge in [-0.1, -0.05) is 50.2 Å². The average molecular weight is 272 g/mol. The Labute approximate surface area is 123 Å². The van der Waals surface area contributed by atoms with Gasteiger partial charge >= 0.3 is 0 Å². The fourth-order valence-corrected chi connectivity index (χ4v) is 2.58. The molecule has 1 saturated carbocycles. The van der Waals surface area contributed by atoms with Crippen molar-refractivity contribution in [2.24, 2.45) is 5.16 Å². The van der Waals surface area contributed by atoms with Gasteiger partial charge in [-0.3, -0.25) is 0 Å². The van der Waals surface area contributed by atoms with Crippen LogP contribution in [0.1, 0.15) is 64.5 Å². The van der Waals surface area contributed by atoms with Crippen molar-refractivity contribution in [3.8, 4) is 0 Å². The molecule has 20 heavy (non-hydrogen) atoms. The first-order valence-corrected chi connectivity index (χ1v) is 7.64. The number of nitrogens with zero attached hydrogens (tertiary/aromatic N) is 1. The lowest BCUT2D eigenvalue weighted by Crippen LogP contribution is -2.16. The van der Waals surface area contributed by atoms with Crippen LogP contribution in [0.3, 0.4) is 0 Å². The Morgan fingerprint density at radius 1 is 1.10 bits per heavy atom. The highest BCUT2D eigenvalue weighted by Crippen LogP contribution is 2.33. The van der Waals surface area contributed by atoms with Crippen molar-refractivity contribution >= 4 is 5.71 Å². The highest BCUT2D eigenvalue weighted by atomic mass is 16.6. The molecular weight excluding hydrogens is 246 g/mol. The summed E-state index contributed by atoms with van der Waals surface area (Å²) in [5.74, 6) is 1.56. The van der Waals surface area contributed by atoms with Crippen molar-refractivity contribution < 1.29 is 4.84 Å². The van der Waals surface area contributed by atoms with E-state index in [9.17, 15) is 0 Å². The third kappa shape index (κ3) is 3.84. The number of oxime groups is 1. The Kier molecular flexibility index (Phi) is 4.85. The van der Waals surface area contributed by atoms with Gasteiger partial charge in [0.05, 0.1) is 5.71 Å². The lowest BCUT2D eigenvalue weighted by atomic mass is 9.80. The molecule has 1 aromatic rings. The van der Waals surface area contributed by atoms with Gasteiger partial charge in [0, 0.05) is 5.92 Å². The van der Waals surface area contributed by atoms with Gasteiger partial charge in [-0.25, -0.2) is 0 Å². The molecule has 1 fully saturated rings. The SMILES string of the molecule is CCON=C1CC[C](c2cccc(C(C)(C)C)c2)CC1. The Morgan fingerprint density at radius 3 is 2.40 bits per heavy atom. The molecule has 0 bridgehead atoms. The summed E-state index contributed by atoms with van der Waals surface area (Å²) in [6.45, 7) is 9.44. The first kappa shape index (κ1) is 15.1. The van der Waals surface area contributed by atoms with Crippen molar-refractivity contribution in [3.05, 3.63) is 41.3 Å². The van der Waals surface area contributed by atoms with Gasteiger partial charge in [-0.15, -0.1) is 0 Å². The second-order valence-electron chi connectivity index (χ2n) is 6.51. The van der Waals surface area contributed by atoms with Crippen molar-refractivity contribution in [1.82, 2.24) is 0 Å². The molecule has 0 spiro atoms. The summed E-state index contributed by atoms with van der Waals surface area (Å²) in [5.41, 5.74) is 4.25. The first-order chi connectivity index (χ1) is 9.50. The molecule has 1 aliphatic rings. The van der Waals surface area contributed by atoms with Gasteiger partial charge in [0.1, 0.15) is 6.61 Å². The fraction of sp³-hybridized carbons (Fsp3) is 0.556. The van der Waals surface area contributed by atoms with E-state index in [0.29, 0.717) is 6.61 Å². The molecule has 0 heterocycles. The van der Waals surface area contributed by atoms with E-state index in [1.54, 1.807) is 5.92 Å². The number of benzene rings is 1. The molecule has 1 aromatic carbocycles. The standard InChI is InChI=1S/C18H26NO/c1-5-20-19-17-11-9-14(10-12-17)15-7-6-8-16(13-15)18(2,3)4/h6-8,13H,5,9-12H2,1-4H3. The van der Waals surface area contributed by atoms with Crippen LogP contribution in [-0.4, -0.2) is 12.3 Å². The lowest BCUT2D eigenvalue weighted by molar-refractivity contribution is 0.157. The van der Waals surface area contributed by atoms with E-state index in [0.717, 1.165) is 25.7 Å². The van der Waals surface area contributed by atoms with Gasteiger partial charge in [-0.2, -0.15) is 0 Å². The Bertz CT molecular complexity index is 461. The molecule has 0 aliphatic heterocycles. The van der Waals surface area contributed by atoms with Crippen LogP contribution in [0.4, 0.5) is 0 Å². The topological polar surface area (TPSA) is 21.6 Å². The smallest absolute Gasteiger partial charge is 0.114 e. The molecule has 0 atom stereocenters. The van der Waals surface area contributed by atoms with Gasteiger partial charge in [0.15, 0.2) is 0 Å². The normalized spacial score (nSPS) is 17.1. The predicted molar refractivity (Wildman–Crippen MR) is 85.0 cm³/mol. The highest BCUT2D eigenvalue weighted by molar-refractivity contribution is 5.85. The number of hydrogen-bond donors (Lipinski definition) is 0. The van der Waals surface area contributed by atoms with Gasteiger partial charge < -0.3 is 4.84 Å². The fourth-order valence-electron chi connectivity index (χ4n) is 2.58. The summed E-state index contributed by atoms with van der Waals surface area (Å²) in [6.07, 6.45) is 4.29. The van der Waals surface area contributed by atoms with Gasteiger partial charge in [-0.05, 0) is 49.1 Å². The third-order valence-corrected chi connectivity index (χ3v) is 3.89. The Hall–Kier alpha value is -1.31. The van der Waals surface area contributed by atoms with Crippen molar-refractivity contribution in [1.29, 1.82) is 0 Å². The summed E-state index contributed by atoms with van der Waals surface area (Å²) >= 11 is 0. The van der Waals surface area contributed by atoms with Crippen molar-refractivity contribution in [2.75, 3.05) is 6.61 Å². The van der Waals surface area contributed by atoms with Crippen LogP contribution in [0.2, 0.25) is 0 Å². The van der Waals surface area contributed by atoms with Crippen LogP contribution >= 0.6 is 0 Å². The van der Waals surface area contributed by atoms with Crippen LogP contribution in [0, 0.1) is 5.92 Å². The summed E-state index contributed by atoms with van der Waals surface area (Å²) in [5, 5.41) is 4.19. The zero-order valence-electron chi connectivity index (χ0n) is 13.2. The van der Waals surface area contributed by atoms with E-state index in [4.69, 9.17) is 4.84 Å². The molecule has 1 radical (unpaired) electrons. The van der Waals surface area contributed by atoms with Crippen molar-refractivity contribution in [3.63, 3.8) is 0 Å². The van der Waals surface area contributed by atoms with E-state index in [1.165, 1.54) is 16.8 Å². The van der Waals surface area contributed by atoms with Crippen LogP contribution in [-0.2, 0) is 10.3 Å². The molecule has 1 aliphatic carbocycles. The van der Waals surface area contributed by atoms with E-state index >= 15 is 0 Å². The number of rotatable bonds is 3.